The van der Waals surface area contributed by atoms with Gasteiger partial charge in [0.25, 0.3) is 0 Å². The van der Waals surface area contributed by atoms with Gasteiger partial charge in [-0.25, -0.2) is 4.98 Å². The average Bonchev–Trinajstić information content (AvgIpc) is 2.28. The van der Waals surface area contributed by atoms with Gasteiger partial charge in [-0.2, -0.15) is 0 Å². The third-order valence-corrected chi connectivity index (χ3v) is 2.43. The summed E-state index contributed by atoms with van der Waals surface area (Å²) in [6.07, 6.45) is 2.07. The van der Waals surface area contributed by atoms with Gasteiger partial charge in [-0.15, -0.1) is 0 Å². The van der Waals surface area contributed by atoms with Crippen molar-refractivity contribution < 1.29 is 4.74 Å². The zero-order valence-electron chi connectivity index (χ0n) is 8.99. The molecule has 4 nitrogen and oxygen atoms in total. The van der Waals surface area contributed by atoms with Crippen molar-refractivity contribution in [2.45, 2.75) is 13.0 Å². The second kappa shape index (κ2) is 5.09. The lowest BCUT2D eigenvalue weighted by molar-refractivity contribution is 0.0372. The Morgan fingerprint density at radius 1 is 1.67 bits per heavy atom. The van der Waals surface area contributed by atoms with Crippen LogP contribution in [0.4, 0.5) is 5.82 Å². The van der Waals surface area contributed by atoms with Crippen molar-refractivity contribution in [1.29, 1.82) is 0 Å². The Morgan fingerprint density at radius 3 is 3.33 bits per heavy atom. The predicted molar refractivity (Wildman–Crippen MR) is 60.1 cm³/mol. The van der Waals surface area contributed by atoms with Crippen LogP contribution in [0.15, 0.2) is 18.3 Å². The Bertz CT molecular complexity index is 310. The fraction of sp³-hybridized carbons (Fsp3) is 0.545. The topological polar surface area (TPSA) is 46.2 Å². The van der Waals surface area contributed by atoms with Crippen molar-refractivity contribution in [3.63, 3.8) is 0 Å². The number of aryl methyl sites for hydroxylation is 1. The van der Waals surface area contributed by atoms with Crippen molar-refractivity contribution >= 4 is 5.82 Å². The molecule has 1 atom stereocenters. The van der Waals surface area contributed by atoms with E-state index in [1.165, 1.54) is 5.56 Å². The van der Waals surface area contributed by atoms with Gasteiger partial charge in [-0.3, -0.25) is 0 Å². The van der Waals surface area contributed by atoms with Crippen LogP contribution in [0.25, 0.3) is 0 Å². The molecule has 1 saturated heterocycles. The van der Waals surface area contributed by atoms with E-state index in [9.17, 15) is 0 Å². The molecule has 0 saturated carbocycles. The monoisotopic (exact) mass is 207 g/mol. The quantitative estimate of drug-likeness (QED) is 0.769. The van der Waals surface area contributed by atoms with E-state index in [4.69, 9.17) is 4.74 Å². The van der Waals surface area contributed by atoms with E-state index < -0.39 is 0 Å². The molecule has 0 bridgehead atoms. The third-order valence-electron chi connectivity index (χ3n) is 2.43. The average molecular weight is 207 g/mol. The van der Waals surface area contributed by atoms with Gasteiger partial charge >= 0.3 is 0 Å². The number of nitrogens with one attached hydrogen (secondary N) is 2. The number of morpholine rings is 1. The van der Waals surface area contributed by atoms with Crippen molar-refractivity contribution in [3.05, 3.63) is 23.9 Å². The predicted octanol–water partition coefficient (Wildman–Crippen LogP) is 0.790. The van der Waals surface area contributed by atoms with Gasteiger partial charge < -0.3 is 15.4 Å². The van der Waals surface area contributed by atoms with E-state index in [0.29, 0.717) is 0 Å². The van der Waals surface area contributed by atoms with Crippen LogP contribution < -0.4 is 10.6 Å². The Balaban J connectivity index is 1.81. The van der Waals surface area contributed by atoms with Gasteiger partial charge in [0.05, 0.1) is 12.7 Å². The largest absolute Gasteiger partial charge is 0.374 e. The van der Waals surface area contributed by atoms with E-state index in [1.807, 2.05) is 18.3 Å². The second-order valence-corrected chi connectivity index (χ2v) is 3.80. The number of pyridine rings is 1. The lowest BCUT2D eigenvalue weighted by atomic mass is 10.3. The molecular formula is C11H17N3O. The van der Waals surface area contributed by atoms with Crippen LogP contribution in [0, 0.1) is 6.92 Å². The van der Waals surface area contributed by atoms with Gasteiger partial charge in [0.2, 0.25) is 0 Å². The van der Waals surface area contributed by atoms with Crippen molar-refractivity contribution in [1.82, 2.24) is 10.3 Å². The number of ether oxygens (including phenoxy) is 1. The summed E-state index contributed by atoms with van der Waals surface area (Å²) in [6.45, 7) is 5.54. The van der Waals surface area contributed by atoms with E-state index in [2.05, 4.69) is 22.5 Å². The molecule has 2 N–H and O–H groups in total. The van der Waals surface area contributed by atoms with Crippen LogP contribution in [0.3, 0.4) is 0 Å². The maximum Gasteiger partial charge on any atom is 0.126 e. The van der Waals surface area contributed by atoms with Crippen molar-refractivity contribution in [2.24, 2.45) is 0 Å². The maximum atomic E-state index is 5.58. The first kappa shape index (κ1) is 10.4. The van der Waals surface area contributed by atoms with Crippen LogP contribution >= 0.6 is 0 Å². The normalized spacial score (nSPS) is 21.3. The van der Waals surface area contributed by atoms with Crippen LogP contribution in [-0.2, 0) is 4.74 Å². The zero-order chi connectivity index (χ0) is 10.5. The third kappa shape index (κ3) is 3.18. The molecule has 0 radical (unpaired) electrons. The smallest absolute Gasteiger partial charge is 0.126 e. The number of hydrogen-bond donors (Lipinski definition) is 2. The summed E-state index contributed by atoms with van der Waals surface area (Å²) < 4.78 is 5.58. The zero-order valence-corrected chi connectivity index (χ0v) is 8.99. The highest BCUT2D eigenvalue weighted by molar-refractivity contribution is 5.36. The number of anilines is 1. The molecule has 1 aromatic rings. The van der Waals surface area contributed by atoms with E-state index >= 15 is 0 Å². The van der Waals surface area contributed by atoms with Crippen molar-refractivity contribution in [2.75, 3.05) is 31.6 Å². The molecule has 1 aliphatic rings. The fourth-order valence-electron chi connectivity index (χ4n) is 1.60. The van der Waals surface area contributed by atoms with Gasteiger partial charge in [-0.05, 0) is 24.6 Å². The number of nitrogens with zero attached hydrogens (tertiary/aromatic N) is 1. The standard InChI is InChI=1S/C11H17N3O/c1-9-2-3-13-11(6-9)14-8-10-7-12-4-5-15-10/h2-3,6,10,12H,4-5,7-8H2,1H3,(H,13,14). The number of rotatable bonds is 3. The molecule has 1 aliphatic heterocycles. The summed E-state index contributed by atoms with van der Waals surface area (Å²) >= 11 is 0. The van der Waals surface area contributed by atoms with E-state index in [0.717, 1.165) is 32.1 Å². The maximum absolute atomic E-state index is 5.58. The van der Waals surface area contributed by atoms with E-state index in [-0.39, 0.29) is 6.10 Å². The molecule has 0 aromatic carbocycles. The molecule has 1 unspecified atom stereocenters. The van der Waals surface area contributed by atoms with Gasteiger partial charge in [-0.1, -0.05) is 0 Å². The SMILES string of the molecule is Cc1ccnc(NCC2CNCCO2)c1. The van der Waals surface area contributed by atoms with Gasteiger partial charge in [0.1, 0.15) is 5.82 Å². The molecular weight excluding hydrogens is 190 g/mol. The van der Waals surface area contributed by atoms with Crippen LogP contribution in [-0.4, -0.2) is 37.3 Å². The van der Waals surface area contributed by atoms with Crippen LogP contribution in [0.2, 0.25) is 0 Å². The molecule has 2 rings (SSSR count). The Kier molecular flexibility index (Phi) is 3.53. The highest BCUT2D eigenvalue weighted by Gasteiger charge is 2.12. The number of aromatic nitrogens is 1. The molecule has 4 heteroatoms. The molecule has 1 aromatic heterocycles. The molecule has 82 valence electrons. The molecule has 0 amide bonds. The Hall–Kier alpha value is -1.13. The lowest BCUT2D eigenvalue weighted by Crippen LogP contribution is -2.42. The summed E-state index contributed by atoms with van der Waals surface area (Å²) in [5.41, 5.74) is 1.22. The first-order chi connectivity index (χ1) is 7.34. The second-order valence-electron chi connectivity index (χ2n) is 3.80. The highest BCUT2D eigenvalue weighted by Crippen LogP contribution is 2.06. The minimum atomic E-state index is 0.251. The Labute approximate surface area is 90.0 Å². The summed E-state index contributed by atoms with van der Waals surface area (Å²) in [5, 5.41) is 6.58. The summed E-state index contributed by atoms with van der Waals surface area (Å²) in [7, 11) is 0. The minimum absolute atomic E-state index is 0.251. The number of hydrogen-bond acceptors (Lipinski definition) is 4. The summed E-state index contributed by atoms with van der Waals surface area (Å²) in [5.74, 6) is 0.921. The fourth-order valence-corrected chi connectivity index (χ4v) is 1.60. The van der Waals surface area contributed by atoms with Crippen LogP contribution in [0.5, 0.6) is 0 Å². The summed E-state index contributed by atoms with van der Waals surface area (Å²) in [4.78, 5) is 4.24. The summed E-state index contributed by atoms with van der Waals surface area (Å²) in [6, 6.07) is 4.03. The first-order valence-electron chi connectivity index (χ1n) is 5.33. The van der Waals surface area contributed by atoms with Gasteiger partial charge in [0, 0.05) is 25.8 Å². The molecule has 0 spiro atoms. The molecule has 2 heterocycles. The molecule has 15 heavy (non-hydrogen) atoms. The van der Waals surface area contributed by atoms with Crippen LogP contribution in [0.1, 0.15) is 5.56 Å². The van der Waals surface area contributed by atoms with E-state index in [1.54, 1.807) is 0 Å². The molecule has 1 fully saturated rings. The molecule has 0 aliphatic carbocycles. The van der Waals surface area contributed by atoms with Crippen molar-refractivity contribution in [3.8, 4) is 0 Å². The Morgan fingerprint density at radius 2 is 2.60 bits per heavy atom. The first-order valence-corrected chi connectivity index (χ1v) is 5.33. The van der Waals surface area contributed by atoms with Gasteiger partial charge in [0.15, 0.2) is 0 Å². The lowest BCUT2D eigenvalue weighted by Gasteiger charge is -2.23. The minimum Gasteiger partial charge on any atom is -0.374 e. The highest BCUT2D eigenvalue weighted by atomic mass is 16.5.